The van der Waals surface area contributed by atoms with Gasteiger partial charge in [-0.15, -0.1) is 0 Å². The quantitative estimate of drug-likeness (QED) is 0.751. The third-order valence-electron chi connectivity index (χ3n) is 3.42. The molecule has 4 nitrogen and oxygen atoms in total. The highest BCUT2D eigenvalue weighted by atomic mass is 19.1. The van der Waals surface area contributed by atoms with Crippen LogP contribution in [-0.4, -0.2) is 43.7 Å². The molecule has 1 unspecified atom stereocenters. The number of methoxy groups -OCH3 is 1. The molecule has 0 radical (unpaired) electrons. The van der Waals surface area contributed by atoms with Gasteiger partial charge in [0.15, 0.2) is 0 Å². The van der Waals surface area contributed by atoms with Gasteiger partial charge in [-0.25, -0.2) is 4.39 Å². The molecular formula is C15H20FNO3. The Labute approximate surface area is 118 Å². The van der Waals surface area contributed by atoms with Crippen LogP contribution in [0.25, 0.3) is 0 Å². The van der Waals surface area contributed by atoms with E-state index >= 15 is 0 Å². The van der Waals surface area contributed by atoms with E-state index < -0.39 is 0 Å². The van der Waals surface area contributed by atoms with E-state index in [0.29, 0.717) is 18.9 Å². The lowest BCUT2D eigenvalue weighted by atomic mass is 10.1. The smallest absolute Gasteiger partial charge is 0.251 e. The van der Waals surface area contributed by atoms with Crippen LogP contribution in [0.4, 0.5) is 4.39 Å². The zero-order chi connectivity index (χ0) is 14.4. The van der Waals surface area contributed by atoms with Gasteiger partial charge in [-0.1, -0.05) is 0 Å². The Bertz CT molecular complexity index is 435. The Morgan fingerprint density at radius 1 is 1.35 bits per heavy atom. The lowest BCUT2D eigenvalue weighted by Gasteiger charge is -2.31. The second-order valence-corrected chi connectivity index (χ2v) is 4.85. The lowest BCUT2D eigenvalue weighted by Crippen LogP contribution is -2.45. The van der Waals surface area contributed by atoms with Gasteiger partial charge < -0.3 is 14.4 Å². The van der Waals surface area contributed by atoms with E-state index in [1.807, 2.05) is 4.90 Å². The Hall–Kier alpha value is -1.62. The Kier molecular flexibility index (Phi) is 5.35. The standard InChI is InChI=1S/C15H20FNO3/c1-19-14-4-2-9-17(15(14)18)10-3-11-20-13-7-5-12(16)6-8-13/h5-8,14H,2-4,9-11H2,1H3. The molecule has 1 amide bonds. The van der Waals surface area contributed by atoms with Crippen molar-refractivity contribution >= 4 is 5.91 Å². The van der Waals surface area contributed by atoms with Crippen LogP contribution >= 0.6 is 0 Å². The largest absolute Gasteiger partial charge is 0.494 e. The SMILES string of the molecule is COC1CCCN(CCCOc2ccc(F)cc2)C1=O. The first-order valence-corrected chi connectivity index (χ1v) is 6.90. The van der Waals surface area contributed by atoms with E-state index in [-0.39, 0.29) is 17.8 Å². The zero-order valence-corrected chi connectivity index (χ0v) is 11.7. The third kappa shape index (κ3) is 3.93. The number of rotatable bonds is 6. The fraction of sp³-hybridized carbons (Fsp3) is 0.533. The molecule has 1 atom stereocenters. The first-order chi connectivity index (χ1) is 9.70. The molecular weight excluding hydrogens is 261 g/mol. The molecule has 0 N–H and O–H groups in total. The average molecular weight is 281 g/mol. The maximum Gasteiger partial charge on any atom is 0.251 e. The van der Waals surface area contributed by atoms with Crippen LogP contribution in [0, 0.1) is 5.82 Å². The number of ether oxygens (including phenoxy) is 2. The van der Waals surface area contributed by atoms with Crippen molar-refractivity contribution in [2.75, 3.05) is 26.8 Å². The lowest BCUT2D eigenvalue weighted by molar-refractivity contribution is -0.145. The molecule has 0 spiro atoms. The molecule has 20 heavy (non-hydrogen) atoms. The van der Waals surface area contributed by atoms with Crippen molar-refractivity contribution in [3.05, 3.63) is 30.1 Å². The summed E-state index contributed by atoms with van der Waals surface area (Å²) in [6, 6.07) is 5.93. The van der Waals surface area contributed by atoms with Crippen molar-refractivity contribution in [3.63, 3.8) is 0 Å². The molecule has 0 saturated carbocycles. The highest BCUT2D eigenvalue weighted by molar-refractivity contribution is 5.81. The Morgan fingerprint density at radius 3 is 2.80 bits per heavy atom. The van der Waals surface area contributed by atoms with E-state index in [9.17, 15) is 9.18 Å². The van der Waals surface area contributed by atoms with Crippen molar-refractivity contribution in [3.8, 4) is 5.75 Å². The molecule has 0 aliphatic carbocycles. The van der Waals surface area contributed by atoms with Crippen LogP contribution in [0.1, 0.15) is 19.3 Å². The number of piperidine rings is 1. The maximum atomic E-state index is 12.7. The van der Waals surface area contributed by atoms with Gasteiger partial charge in [0, 0.05) is 20.2 Å². The highest BCUT2D eigenvalue weighted by Crippen LogP contribution is 2.15. The minimum atomic E-state index is -0.290. The van der Waals surface area contributed by atoms with Crippen LogP contribution in [-0.2, 0) is 9.53 Å². The van der Waals surface area contributed by atoms with Crippen molar-refractivity contribution in [2.24, 2.45) is 0 Å². The Morgan fingerprint density at radius 2 is 2.10 bits per heavy atom. The number of amides is 1. The van der Waals surface area contributed by atoms with Gasteiger partial charge >= 0.3 is 0 Å². The van der Waals surface area contributed by atoms with Gasteiger partial charge in [0.05, 0.1) is 6.61 Å². The monoisotopic (exact) mass is 281 g/mol. The fourth-order valence-corrected chi connectivity index (χ4v) is 2.32. The number of likely N-dealkylation sites (tertiary alicyclic amines) is 1. The number of hydrogen-bond acceptors (Lipinski definition) is 3. The van der Waals surface area contributed by atoms with Crippen LogP contribution in [0.2, 0.25) is 0 Å². The molecule has 2 rings (SSSR count). The molecule has 1 heterocycles. The molecule has 1 saturated heterocycles. The summed E-state index contributed by atoms with van der Waals surface area (Å²) in [6.07, 6.45) is 2.24. The van der Waals surface area contributed by atoms with Gasteiger partial charge in [0.1, 0.15) is 17.7 Å². The average Bonchev–Trinajstić information content (AvgIpc) is 2.47. The summed E-state index contributed by atoms with van der Waals surface area (Å²) in [5, 5.41) is 0. The second-order valence-electron chi connectivity index (χ2n) is 4.85. The summed E-state index contributed by atoms with van der Waals surface area (Å²) in [4.78, 5) is 13.8. The van der Waals surface area contributed by atoms with Crippen molar-refractivity contribution in [1.82, 2.24) is 4.90 Å². The van der Waals surface area contributed by atoms with Gasteiger partial charge in [-0.05, 0) is 43.5 Å². The first kappa shape index (κ1) is 14.8. The van der Waals surface area contributed by atoms with Gasteiger partial charge in [-0.2, -0.15) is 0 Å². The van der Waals surface area contributed by atoms with Crippen molar-refractivity contribution in [2.45, 2.75) is 25.4 Å². The maximum absolute atomic E-state index is 12.7. The Balaban J connectivity index is 1.70. The number of carbonyl (C=O) groups excluding carboxylic acids is 1. The van der Waals surface area contributed by atoms with Gasteiger partial charge in [-0.3, -0.25) is 4.79 Å². The number of hydrogen-bond donors (Lipinski definition) is 0. The molecule has 1 aliphatic heterocycles. The summed E-state index contributed by atoms with van der Waals surface area (Å²) >= 11 is 0. The molecule has 0 aromatic heterocycles. The van der Waals surface area contributed by atoms with Crippen molar-refractivity contribution < 1.29 is 18.7 Å². The van der Waals surface area contributed by atoms with Gasteiger partial charge in [0.2, 0.25) is 0 Å². The first-order valence-electron chi connectivity index (χ1n) is 6.90. The van der Waals surface area contributed by atoms with Crippen LogP contribution in [0.15, 0.2) is 24.3 Å². The summed E-state index contributed by atoms with van der Waals surface area (Å²) in [7, 11) is 1.57. The van der Waals surface area contributed by atoms with Crippen LogP contribution < -0.4 is 4.74 Å². The van der Waals surface area contributed by atoms with E-state index in [2.05, 4.69) is 0 Å². The predicted octanol–water partition coefficient (Wildman–Crippen LogP) is 2.23. The summed E-state index contributed by atoms with van der Waals surface area (Å²) < 4.78 is 23.4. The van der Waals surface area contributed by atoms with E-state index in [0.717, 1.165) is 25.8 Å². The number of carbonyl (C=O) groups is 1. The zero-order valence-electron chi connectivity index (χ0n) is 11.7. The molecule has 0 bridgehead atoms. The van der Waals surface area contributed by atoms with Crippen LogP contribution in [0.5, 0.6) is 5.75 Å². The molecule has 1 fully saturated rings. The molecule has 1 aliphatic rings. The highest BCUT2D eigenvalue weighted by Gasteiger charge is 2.27. The van der Waals surface area contributed by atoms with Crippen molar-refractivity contribution in [1.29, 1.82) is 0 Å². The minimum absolute atomic E-state index is 0.0699. The third-order valence-corrected chi connectivity index (χ3v) is 3.42. The number of halogens is 1. The molecule has 110 valence electrons. The van der Waals surface area contributed by atoms with E-state index in [1.165, 1.54) is 12.1 Å². The topological polar surface area (TPSA) is 38.8 Å². The summed E-state index contributed by atoms with van der Waals surface area (Å²) in [5.41, 5.74) is 0. The van der Waals surface area contributed by atoms with Crippen LogP contribution in [0.3, 0.4) is 0 Å². The van der Waals surface area contributed by atoms with E-state index in [4.69, 9.17) is 9.47 Å². The normalized spacial score (nSPS) is 19.2. The number of nitrogens with zero attached hydrogens (tertiary/aromatic N) is 1. The molecule has 1 aromatic rings. The number of benzene rings is 1. The fourth-order valence-electron chi connectivity index (χ4n) is 2.32. The molecule has 5 heteroatoms. The van der Waals surface area contributed by atoms with Gasteiger partial charge in [0.25, 0.3) is 5.91 Å². The molecule has 1 aromatic carbocycles. The summed E-state index contributed by atoms with van der Waals surface area (Å²) in [6.45, 7) is 1.96. The summed E-state index contributed by atoms with van der Waals surface area (Å²) in [5.74, 6) is 0.438. The second kappa shape index (κ2) is 7.24. The van der Waals surface area contributed by atoms with E-state index in [1.54, 1.807) is 19.2 Å². The minimum Gasteiger partial charge on any atom is -0.494 e. The predicted molar refractivity (Wildman–Crippen MR) is 73.1 cm³/mol.